The van der Waals surface area contributed by atoms with Crippen molar-refractivity contribution in [1.82, 2.24) is 0 Å². The molecular weight excluding hydrogens is 315 g/mol. The van der Waals surface area contributed by atoms with Crippen LogP contribution in [0.5, 0.6) is 0 Å². The summed E-state index contributed by atoms with van der Waals surface area (Å²) in [5, 5.41) is 0. The second-order valence-electron chi connectivity index (χ2n) is 4.59. The van der Waals surface area contributed by atoms with E-state index < -0.39 is 44.5 Å². The van der Waals surface area contributed by atoms with Gasteiger partial charge in [0.1, 0.15) is 0 Å². The van der Waals surface area contributed by atoms with Crippen LogP contribution in [0, 0.1) is 0 Å². The molecule has 0 spiro atoms. The maximum absolute atomic E-state index is 14.3. The van der Waals surface area contributed by atoms with E-state index in [1.165, 1.54) is 21.3 Å². The lowest BCUT2D eigenvalue weighted by atomic mass is 9.89. The first kappa shape index (κ1) is 18.3. The van der Waals surface area contributed by atoms with Crippen molar-refractivity contribution in [3.05, 3.63) is 23.6 Å². The average Bonchev–Trinajstić information content (AvgIpc) is 2.48. The van der Waals surface area contributed by atoms with Crippen molar-refractivity contribution < 1.29 is 35.2 Å². The third-order valence-corrected chi connectivity index (χ3v) is 6.24. The highest BCUT2D eigenvalue weighted by atomic mass is 28.4. The van der Waals surface area contributed by atoms with Crippen LogP contribution in [0.4, 0.5) is 22.0 Å². The lowest BCUT2D eigenvalue weighted by molar-refractivity contribution is 0.0786. The fraction of sp³-hybridized carbons (Fsp3) is 0.667. The largest absolute Gasteiger partial charge is 0.500 e. The van der Waals surface area contributed by atoms with E-state index >= 15 is 0 Å². The van der Waals surface area contributed by atoms with Gasteiger partial charge in [-0.2, -0.15) is 0 Å². The Bertz CT molecular complexity index is 430. The highest BCUT2D eigenvalue weighted by Crippen LogP contribution is 2.41. The molecule has 0 aromatic carbocycles. The van der Waals surface area contributed by atoms with Gasteiger partial charge in [-0.15, -0.1) is 0 Å². The van der Waals surface area contributed by atoms with E-state index in [1.54, 1.807) is 0 Å². The van der Waals surface area contributed by atoms with Crippen molar-refractivity contribution in [2.45, 2.75) is 30.7 Å². The molecule has 0 bridgehead atoms. The van der Waals surface area contributed by atoms with E-state index in [2.05, 4.69) is 0 Å². The Morgan fingerprint density at radius 1 is 1.14 bits per heavy atom. The smallest absolute Gasteiger partial charge is 0.377 e. The molecule has 0 amide bonds. The van der Waals surface area contributed by atoms with Gasteiger partial charge in [0.05, 0.1) is 0 Å². The summed E-state index contributed by atoms with van der Waals surface area (Å²) in [7, 11) is 1.05. The molecule has 9 heteroatoms. The van der Waals surface area contributed by atoms with Gasteiger partial charge in [-0.3, -0.25) is 0 Å². The van der Waals surface area contributed by atoms with Crippen LogP contribution in [-0.4, -0.2) is 42.0 Å². The maximum Gasteiger partial charge on any atom is 0.500 e. The molecule has 21 heavy (non-hydrogen) atoms. The minimum absolute atomic E-state index is 0.0165. The SMILES string of the molecule is CO[Si](CCCC1(F)C=C(F)C(F)=C(F)C1F)(OC)OC. The van der Waals surface area contributed by atoms with Crippen molar-refractivity contribution in [3.8, 4) is 0 Å². The van der Waals surface area contributed by atoms with Crippen molar-refractivity contribution >= 4 is 8.80 Å². The third-order valence-electron chi connectivity index (χ3n) is 3.41. The van der Waals surface area contributed by atoms with Gasteiger partial charge in [0.15, 0.2) is 29.3 Å². The molecule has 122 valence electrons. The molecule has 1 rings (SSSR count). The highest BCUT2D eigenvalue weighted by Gasteiger charge is 2.47. The number of halogens is 5. The van der Waals surface area contributed by atoms with Crippen LogP contribution in [0.25, 0.3) is 0 Å². The average molecular weight is 332 g/mol. The third kappa shape index (κ3) is 3.71. The molecule has 0 saturated carbocycles. The second-order valence-corrected chi connectivity index (χ2v) is 7.68. The minimum atomic E-state index is -2.99. The Morgan fingerprint density at radius 3 is 2.14 bits per heavy atom. The van der Waals surface area contributed by atoms with E-state index in [0.29, 0.717) is 0 Å². The first-order valence-electron chi connectivity index (χ1n) is 6.17. The summed E-state index contributed by atoms with van der Waals surface area (Å²) in [4.78, 5) is 0. The Balaban J connectivity index is 2.75. The van der Waals surface area contributed by atoms with E-state index in [0.717, 1.165) is 0 Å². The summed E-state index contributed by atoms with van der Waals surface area (Å²) < 4.78 is 82.2. The molecule has 0 N–H and O–H groups in total. The molecule has 1 aliphatic rings. The second kappa shape index (κ2) is 6.99. The predicted molar refractivity (Wildman–Crippen MR) is 68.0 cm³/mol. The van der Waals surface area contributed by atoms with E-state index in [1.807, 2.05) is 0 Å². The fourth-order valence-electron chi connectivity index (χ4n) is 2.11. The van der Waals surface area contributed by atoms with Gasteiger partial charge in [-0.1, -0.05) is 0 Å². The van der Waals surface area contributed by atoms with Gasteiger partial charge in [0.2, 0.25) is 0 Å². The van der Waals surface area contributed by atoms with Crippen LogP contribution in [-0.2, 0) is 13.3 Å². The predicted octanol–water partition coefficient (Wildman–Crippen LogP) is 3.71. The van der Waals surface area contributed by atoms with E-state index in [4.69, 9.17) is 13.3 Å². The van der Waals surface area contributed by atoms with E-state index in [9.17, 15) is 22.0 Å². The summed E-state index contributed by atoms with van der Waals surface area (Å²) in [5.41, 5.74) is -2.95. The van der Waals surface area contributed by atoms with Crippen molar-refractivity contribution in [3.63, 3.8) is 0 Å². The molecule has 0 saturated heterocycles. The molecule has 0 aliphatic heterocycles. The van der Waals surface area contributed by atoms with Crippen LogP contribution in [0.1, 0.15) is 12.8 Å². The van der Waals surface area contributed by atoms with Crippen molar-refractivity contribution in [2.75, 3.05) is 21.3 Å². The lowest BCUT2D eigenvalue weighted by Gasteiger charge is -2.29. The minimum Gasteiger partial charge on any atom is -0.377 e. The molecule has 2 atom stereocenters. The van der Waals surface area contributed by atoms with Gasteiger partial charge in [-0.05, 0) is 18.9 Å². The van der Waals surface area contributed by atoms with Crippen LogP contribution in [0.3, 0.4) is 0 Å². The fourth-order valence-corrected chi connectivity index (χ4v) is 3.84. The van der Waals surface area contributed by atoms with Crippen LogP contribution in [0.15, 0.2) is 23.6 Å². The molecule has 3 nitrogen and oxygen atoms in total. The first-order valence-corrected chi connectivity index (χ1v) is 8.10. The lowest BCUT2D eigenvalue weighted by Crippen LogP contribution is -2.43. The normalized spacial score (nSPS) is 27.0. The zero-order chi connectivity index (χ0) is 16.3. The number of rotatable bonds is 7. The highest BCUT2D eigenvalue weighted by molar-refractivity contribution is 6.60. The Kier molecular flexibility index (Phi) is 6.08. The molecule has 0 aromatic heterocycles. The van der Waals surface area contributed by atoms with Crippen LogP contribution >= 0.6 is 0 Å². The Labute approximate surface area is 120 Å². The molecule has 1 aliphatic carbocycles. The molecule has 2 unspecified atom stereocenters. The molecular formula is C12H17F5O3Si. The first-order chi connectivity index (χ1) is 9.75. The Morgan fingerprint density at radius 2 is 1.67 bits per heavy atom. The van der Waals surface area contributed by atoms with Crippen LogP contribution < -0.4 is 0 Å². The molecule has 0 radical (unpaired) electrons. The van der Waals surface area contributed by atoms with Gasteiger partial charge in [0, 0.05) is 27.4 Å². The van der Waals surface area contributed by atoms with Gasteiger partial charge < -0.3 is 13.3 Å². The molecule has 0 heterocycles. The van der Waals surface area contributed by atoms with Crippen LogP contribution in [0.2, 0.25) is 6.04 Å². The number of alkyl halides is 2. The summed E-state index contributed by atoms with van der Waals surface area (Å²) in [6.07, 6.45) is -3.32. The van der Waals surface area contributed by atoms with Gasteiger partial charge in [0.25, 0.3) is 0 Å². The zero-order valence-corrected chi connectivity index (χ0v) is 12.9. The quantitative estimate of drug-likeness (QED) is 0.525. The van der Waals surface area contributed by atoms with Crippen molar-refractivity contribution in [2.24, 2.45) is 0 Å². The monoisotopic (exact) mass is 332 g/mol. The summed E-state index contributed by atoms with van der Waals surface area (Å²) in [6.45, 7) is 0. The summed E-state index contributed by atoms with van der Waals surface area (Å²) in [5.74, 6) is -5.80. The maximum atomic E-state index is 14.3. The standard InChI is InChI=1S/C12H17F5O3Si/c1-18-21(19-2,20-3)6-4-5-12(17)7-8(13)9(14)10(15)11(12)16/h7,11H,4-6H2,1-3H3. The Hall–Kier alpha value is -0.773. The zero-order valence-electron chi connectivity index (χ0n) is 11.9. The number of allylic oxidation sites excluding steroid dienone is 4. The number of hydrogen-bond donors (Lipinski definition) is 0. The number of hydrogen-bond acceptors (Lipinski definition) is 3. The van der Waals surface area contributed by atoms with Gasteiger partial charge >= 0.3 is 8.80 Å². The van der Waals surface area contributed by atoms with E-state index in [-0.39, 0.29) is 18.5 Å². The topological polar surface area (TPSA) is 27.7 Å². The molecule has 0 aromatic rings. The molecule has 0 fully saturated rings. The van der Waals surface area contributed by atoms with Crippen molar-refractivity contribution in [1.29, 1.82) is 0 Å². The van der Waals surface area contributed by atoms with Gasteiger partial charge in [-0.25, -0.2) is 22.0 Å². The summed E-state index contributed by atoms with van der Waals surface area (Å²) >= 11 is 0. The summed E-state index contributed by atoms with van der Waals surface area (Å²) in [6, 6.07) is 0.123.